The van der Waals surface area contributed by atoms with E-state index in [0.717, 1.165) is 37.7 Å². The Bertz CT molecular complexity index is 677. The maximum Gasteiger partial charge on any atom is 0.191 e. The van der Waals surface area contributed by atoms with Crippen molar-refractivity contribution in [2.75, 3.05) is 51.7 Å². The second-order valence-electron chi connectivity index (χ2n) is 6.79. The second kappa shape index (κ2) is 9.00. The van der Waals surface area contributed by atoms with Gasteiger partial charge >= 0.3 is 0 Å². The summed E-state index contributed by atoms with van der Waals surface area (Å²) in [5, 5.41) is 3.11. The zero-order chi connectivity index (χ0) is 18.4. The smallest absolute Gasteiger partial charge is 0.191 e. The third-order valence-electron chi connectivity index (χ3n) is 4.80. The third kappa shape index (κ3) is 4.95. The average Bonchev–Trinajstić information content (AvgIpc) is 3.20. The molecule has 1 unspecified atom stereocenters. The van der Waals surface area contributed by atoms with Gasteiger partial charge in [-0.3, -0.25) is 4.99 Å². The molecule has 1 aliphatic rings. The molecule has 1 fully saturated rings. The summed E-state index contributed by atoms with van der Waals surface area (Å²) >= 11 is 1.69. The molecular formula is C19H28N6S. The Morgan fingerprint density at radius 2 is 1.96 bits per heavy atom. The lowest BCUT2D eigenvalue weighted by atomic mass is 10.1. The van der Waals surface area contributed by atoms with E-state index in [9.17, 15) is 0 Å². The molecule has 7 heteroatoms. The maximum absolute atomic E-state index is 6.28. The van der Waals surface area contributed by atoms with E-state index < -0.39 is 0 Å². The highest BCUT2D eigenvalue weighted by molar-refractivity contribution is 7.13. The van der Waals surface area contributed by atoms with Gasteiger partial charge in [0.15, 0.2) is 11.1 Å². The maximum atomic E-state index is 6.28. The van der Waals surface area contributed by atoms with Crippen molar-refractivity contribution in [3.8, 4) is 0 Å². The summed E-state index contributed by atoms with van der Waals surface area (Å²) in [6.07, 6.45) is 2.83. The Morgan fingerprint density at radius 1 is 1.23 bits per heavy atom. The molecule has 0 amide bonds. The summed E-state index contributed by atoms with van der Waals surface area (Å²) < 4.78 is 0. The van der Waals surface area contributed by atoms with Crippen LogP contribution < -0.4 is 10.6 Å². The molecule has 0 spiro atoms. The minimum Gasteiger partial charge on any atom is -0.370 e. The first-order valence-electron chi connectivity index (χ1n) is 9.03. The molecule has 3 rings (SSSR count). The molecule has 2 aromatic rings. The van der Waals surface area contributed by atoms with Gasteiger partial charge in [-0.1, -0.05) is 30.3 Å². The molecule has 1 aromatic carbocycles. The molecule has 6 nitrogen and oxygen atoms in total. The summed E-state index contributed by atoms with van der Waals surface area (Å²) in [4.78, 5) is 15.8. The number of piperazine rings is 1. The van der Waals surface area contributed by atoms with Gasteiger partial charge in [-0.25, -0.2) is 4.98 Å². The first-order valence-corrected chi connectivity index (χ1v) is 9.91. The van der Waals surface area contributed by atoms with Crippen LogP contribution in [0.25, 0.3) is 0 Å². The largest absolute Gasteiger partial charge is 0.370 e. The summed E-state index contributed by atoms with van der Waals surface area (Å²) in [5.74, 6) is 0.656. The normalized spacial score (nSPS) is 17.0. The van der Waals surface area contributed by atoms with E-state index in [1.54, 1.807) is 11.3 Å². The molecule has 2 N–H and O–H groups in total. The van der Waals surface area contributed by atoms with Crippen LogP contribution in [0.15, 0.2) is 46.9 Å². The van der Waals surface area contributed by atoms with Crippen molar-refractivity contribution < 1.29 is 0 Å². The van der Waals surface area contributed by atoms with Gasteiger partial charge in [0.25, 0.3) is 0 Å². The molecule has 0 aliphatic carbocycles. The predicted molar refractivity (Wildman–Crippen MR) is 110 cm³/mol. The molecule has 2 heterocycles. The lowest BCUT2D eigenvalue weighted by Crippen LogP contribution is -2.51. The van der Waals surface area contributed by atoms with Crippen LogP contribution in [-0.4, -0.2) is 73.6 Å². The van der Waals surface area contributed by atoms with Crippen LogP contribution in [0.2, 0.25) is 0 Å². The number of aromatic nitrogens is 1. The lowest BCUT2D eigenvalue weighted by molar-refractivity contribution is 0.296. The van der Waals surface area contributed by atoms with Gasteiger partial charge in [0.1, 0.15) is 0 Å². The molecule has 1 atom stereocenters. The fraction of sp³-hybridized carbons (Fsp3) is 0.474. The lowest BCUT2D eigenvalue weighted by Gasteiger charge is -2.35. The Morgan fingerprint density at radius 3 is 2.58 bits per heavy atom. The van der Waals surface area contributed by atoms with Crippen LogP contribution in [-0.2, 0) is 6.42 Å². The standard InChI is InChI=1S/C19H28N6S/c1-23(2)17(14-16-6-4-3-5-7-16)15-22-18(20)24-9-11-25(12-10-24)19-21-8-13-26-19/h3-8,13,17H,9-12,14-15H2,1-2H3,(H2,20,22). The fourth-order valence-electron chi connectivity index (χ4n) is 3.09. The first-order chi connectivity index (χ1) is 12.6. The van der Waals surface area contributed by atoms with E-state index in [0.29, 0.717) is 18.5 Å². The van der Waals surface area contributed by atoms with E-state index in [1.807, 2.05) is 11.6 Å². The van der Waals surface area contributed by atoms with Crippen LogP contribution in [0.5, 0.6) is 0 Å². The van der Waals surface area contributed by atoms with Crippen LogP contribution in [0, 0.1) is 0 Å². The van der Waals surface area contributed by atoms with Crippen molar-refractivity contribution in [1.82, 2.24) is 14.8 Å². The molecule has 1 saturated heterocycles. The van der Waals surface area contributed by atoms with E-state index >= 15 is 0 Å². The number of nitrogens with zero attached hydrogens (tertiary/aromatic N) is 5. The fourth-order valence-corrected chi connectivity index (χ4v) is 3.79. The van der Waals surface area contributed by atoms with E-state index in [2.05, 4.69) is 64.1 Å². The number of guanidine groups is 1. The number of benzene rings is 1. The number of likely N-dealkylation sites (N-methyl/N-ethyl adjacent to an activating group) is 1. The third-order valence-corrected chi connectivity index (χ3v) is 5.63. The van der Waals surface area contributed by atoms with Crippen LogP contribution in [0.3, 0.4) is 0 Å². The molecule has 140 valence electrons. The zero-order valence-electron chi connectivity index (χ0n) is 15.6. The molecule has 0 bridgehead atoms. The minimum absolute atomic E-state index is 0.340. The Kier molecular flexibility index (Phi) is 6.46. The number of nitrogens with two attached hydrogens (primary N) is 1. The van der Waals surface area contributed by atoms with Crippen LogP contribution in [0.1, 0.15) is 5.56 Å². The molecule has 26 heavy (non-hydrogen) atoms. The second-order valence-corrected chi connectivity index (χ2v) is 7.67. The molecule has 0 radical (unpaired) electrons. The number of anilines is 1. The number of rotatable bonds is 6. The summed E-state index contributed by atoms with van der Waals surface area (Å²) in [6, 6.07) is 10.9. The molecular weight excluding hydrogens is 344 g/mol. The van der Waals surface area contributed by atoms with Gasteiger partial charge in [-0.2, -0.15) is 0 Å². The summed E-state index contributed by atoms with van der Waals surface area (Å²) in [5.41, 5.74) is 7.61. The Labute approximate surface area is 160 Å². The first kappa shape index (κ1) is 18.7. The molecule has 1 aromatic heterocycles. The van der Waals surface area contributed by atoms with Crippen molar-refractivity contribution in [2.24, 2.45) is 10.7 Å². The van der Waals surface area contributed by atoms with Gasteiger partial charge in [0.05, 0.1) is 6.54 Å². The Hall–Kier alpha value is -2.12. The zero-order valence-corrected chi connectivity index (χ0v) is 16.4. The number of hydrogen-bond acceptors (Lipinski definition) is 5. The summed E-state index contributed by atoms with van der Waals surface area (Å²) in [7, 11) is 4.21. The van der Waals surface area contributed by atoms with Crippen LogP contribution >= 0.6 is 11.3 Å². The van der Waals surface area contributed by atoms with E-state index in [-0.39, 0.29) is 0 Å². The average molecular weight is 373 g/mol. The molecule has 1 aliphatic heterocycles. The quantitative estimate of drug-likeness (QED) is 0.618. The predicted octanol–water partition coefficient (Wildman–Crippen LogP) is 1.75. The van der Waals surface area contributed by atoms with Crippen molar-refractivity contribution in [1.29, 1.82) is 0 Å². The van der Waals surface area contributed by atoms with Crippen molar-refractivity contribution >= 4 is 22.4 Å². The van der Waals surface area contributed by atoms with Gasteiger partial charge < -0.3 is 20.4 Å². The highest BCUT2D eigenvalue weighted by Gasteiger charge is 2.20. The van der Waals surface area contributed by atoms with Crippen molar-refractivity contribution in [2.45, 2.75) is 12.5 Å². The van der Waals surface area contributed by atoms with Gasteiger partial charge in [0, 0.05) is 43.8 Å². The van der Waals surface area contributed by atoms with Crippen LogP contribution in [0.4, 0.5) is 5.13 Å². The Balaban J connectivity index is 1.53. The van der Waals surface area contributed by atoms with Crippen molar-refractivity contribution in [3.05, 3.63) is 47.5 Å². The van der Waals surface area contributed by atoms with Gasteiger partial charge in [-0.05, 0) is 26.1 Å². The number of aliphatic imine (C=N–C) groups is 1. The van der Waals surface area contributed by atoms with E-state index in [1.165, 1.54) is 5.56 Å². The topological polar surface area (TPSA) is 61.0 Å². The van der Waals surface area contributed by atoms with Gasteiger partial charge in [0.2, 0.25) is 0 Å². The van der Waals surface area contributed by atoms with Crippen molar-refractivity contribution in [3.63, 3.8) is 0 Å². The highest BCUT2D eigenvalue weighted by Crippen LogP contribution is 2.18. The minimum atomic E-state index is 0.340. The highest BCUT2D eigenvalue weighted by atomic mass is 32.1. The number of thiazole rings is 1. The molecule has 0 saturated carbocycles. The monoisotopic (exact) mass is 372 g/mol. The number of hydrogen-bond donors (Lipinski definition) is 1. The summed E-state index contributed by atoms with van der Waals surface area (Å²) in [6.45, 7) is 4.36. The van der Waals surface area contributed by atoms with Gasteiger partial charge in [-0.15, -0.1) is 11.3 Å². The van der Waals surface area contributed by atoms with E-state index in [4.69, 9.17) is 10.7 Å². The SMILES string of the molecule is CN(C)C(CN=C(N)N1CCN(c2nccs2)CC1)Cc1ccccc1.